The average Bonchev–Trinajstić information content (AvgIpc) is 3.67. The summed E-state index contributed by atoms with van der Waals surface area (Å²) in [5.74, 6) is -0.902. The van der Waals surface area contributed by atoms with Crippen molar-refractivity contribution in [2.24, 2.45) is 5.92 Å². The summed E-state index contributed by atoms with van der Waals surface area (Å²) >= 11 is 0. The van der Waals surface area contributed by atoms with E-state index in [4.69, 9.17) is 4.74 Å². The highest BCUT2D eigenvalue weighted by Gasteiger charge is 2.40. The van der Waals surface area contributed by atoms with Gasteiger partial charge in [0.1, 0.15) is 18.2 Å². The van der Waals surface area contributed by atoms with E-state index in [-0.39, 0.29) is 49.0 Å². The average molecular weight is 585 g/mol. The lowest BCUT2D eigenvalue weighted by Crippen LogP contribution is -2.39. The van der Waals surface area contributed by atoms with Crippen LogP contribution in [0.1, 0.15) is 39.5 Å². The summed E-state index contributed by atoms with van der Waals surface area (Å²) in [6.45, 7) is 3.90. The molecule has 43 heavy (non-hydrogen) atoms. The van der Waals surface area contributed by atoms with E-state index in [2.05, 4.69) is 15.4 Å². The van der Waals surface area contributed by atoms with Gasteiger partial charge in [-0.2, -0.15) is 5.10 Å². The first-order valence-corrected chi connectivity index (χ1v) is 14.5. The van der Waals surface area contributed by atoms with Crippen LogP contribution in [0.25, 0.3) is 5.65 Å². The number of rotatable bonds is 3. The molecule has 1 N–H and O–H groups in total. The van der Waals surface area contributed by atoms with E-state index in [0.717, 1.165) is 5.56 Å². The standard InChI is InChI=1S/C32H33FN6O4/c1-21-26(18-35-29-9-11-36-39(21)29)32(42)37-12-4-10-34-31(41)28-20-38(30(40)16-22-5-2-7-24(33)15-22)19-27(28)23-6-3-8-25(17-23)43-14-13-37/h2-3,5-9,11,15,17-18,27-28H,4,10,12-14,16,19-20H2,1H3,(H,34,41)/t27-,28+/m1/s1. The topological polar surface area (TPSA) is 109 Å². The number of aromatic nitrogens is 3. The van der Waals surface area contributed by atoms with Gasteiger partial charge in [-0.1, -0.05) is 24.3 Å². The van der Waals surface area contributed by atoms with Gasteiger partial charge in [0.05, 0.1) is 36.3 Å². The quantitative estimate of drug-likeness (QED) is 0.397. The van der Waals surface area contributed by atoms with Crippen LogP contribution in [0.2, 0.25) is 0 Å². The van der Waals surface area contributed by atoms with Crippen molar-refractivity contribution in [3.8, 4) is 5.75 Å². The van der Waals surface area contributed by atoms with Crippen LogP contribution in [0.5, 0.6) is 5.75 Å². The van der Waals surface area contributed by atoms with E-state index in [0.29, 0.717) is 60.8 Å². The van der Waals surface area contributed by atoms with E-state index < -0.39 is 5.92 Å². The van der Waals surface area contributed by atoms with Gasteiger partial charge in [-0.15, -0.1) is 0 Å². The number of carbonyl (C=O) groups is 3. The molecule has 1 saturated heterocycles. The van der Waals surface area contributed by atoms with Crippen molar-refractivity contribution in [3.05, 3.63) is 95.2 Å². The summed E-state index contributed by atoms with van der Waals surface area (Å²) in [6.07, 6.45) is 3.82. The minimum atomic E-state index is -0.457. The van der Waals surface area contributed by atoms with Crippen LogP contribution in [-0.4, -0.2) is 81.5 Å². The molecule has 4 aromatic rings. The molecule has 6 rings (SSSR count). The Morgan fingerprint density at radius 3 is 2.74 bits per heavy atom. The number of aryl methyl sites for hydroxylation is 1. The summed E-state index contributed by atoms with van der Waals surface area (Å²) in [5, 5.41) is 7.31. The predicted molar refractivity (Wildman–Crippen MR) is 156 cm³/mol. The third kappa shape index (κ3) is 6.06. The maximum Gasteiger partial charge on any atom is 0.257 e. The minimum Gasteiger partial charge on any atom is -0.492 e. The van der Waals surface area contributed by atoms with Crippen LogP contribution in [0.15, 0.2) is 67.0 Å². The molecule has 1 fully saturated rings. The molecule has 0 saturated carbocycles. The lowest BCUT2D eigenvalue weighted by atomic mass is 9.88. The third-order valence-corrected chi connectivity index (χ3v) is 8.25. The van der Waals surface area contributed by atoms with Crippen LogP contribution >= 0.6 is 0 Å². The number of hydrogen-bond acceptors (Lipinski definition) is 6. The molecule has 0 aliphatic carbocycles. The fraction of sp³-hybridized carbons (Fsp3) is 0.344. The molecule has 2 bridgehead atoms. The number of benzene rings is 2. The molecule has 0 spiro atoms. The molecular formula is C32H33FN6O4. The summed E-state index contributed by atoms with van der Waals surface area (Å²) in [6, 6.07) is 15.4. The van der Waals surface area contributed by atoms with Gasteiger partial charge in [0.25, 0.3) is 5.91 Å². The highest BCUT2D eigenvalue weighted by atomic mass is 19.1. The summed E-state index contributed by atoms with van der Waals surface area (Å²) < 4.78 is 21.4. The first-order valence-electron chi connectivity index (χ1n) is 14.5. The van der Waals surface area contributed by atoms with E-state index in [1.165, 1.54) is 12.1 Å². The van der Waals surface area contributed by atoms with Gasteiger partial charge in [0.2, 0.25) is 11.8 Å². The van der Waals surface area contributed by atoms with E-state index >= 15 is 0 Å². The first-order chi connectivity index (χ1) is 20.9. The Balaban J connectivity index is 1.19. The predicted octanol–water partition coefficient (Wildman–Crippen LogP) is 3.00. The zero-order valence-electron chi connectivity index (χ0n) is 23.9. The number of carbonyl (C=O) groups excluding carboxylic acids is 3. The van der Waals surface area contributed by atoms with Gasteiger partial charge < -0.3 is 19.9 Å². The summed E-state index contributed by atoms with van der Waals surface area (Å²) in [7, 11) is 0. The minimum absolute atomic E-state index is 0.0637. The van der Waals surface area contributed by atoms with Gasteiger partial charge in [-0.3, -0.25) is 14.4 Å². The first kappa shape index (κ1) is 28.3. The molecule has 222 valence electrons. The van der Waals surface area contributed by atoms with Crippen molar-refractivity contribution in [1.82, 2.24) is 29.7 Å². The monoisotopic (exact) mass is 584 g/mol. The number of likely N-dealkylation sites (tertiary alicyclic amines) is 1. The zero-order chi connectivity index (χ0) is 29.9. The van der Waals surface area contributed by atoms with Crippen molar-refractivity contribution >= 4 is 23.4 Å². The normalized spacial score (nSPS) is 19.3. The fourth-order valence-electron chi connectivity index (χ4n) is 5.95. The number of hydrogen-bond donors (Lipinski definition) is 1. The van der Waals surface area contributed by atoms with E-state index in [1.54, 1.807) is 44.9 Å². The molecule has 2 aliphatic rings. The molecule has 2 aliphatic heterocycles. The lowest BCUT2D eigenvalue weighted by molar-refractivity contribution is -0.130. The maximum atomic E-state index is 13.7. The number of halogens is 1. The fourth-order valence-corrected chi connectivity index (χ4v) is 5.95. The SMILES string of the molecule is Cc1c(C(=O)N2CCCNC(=O)[C@H]3CN(C(=O)Cc4cccc(F)c4)C[C@@H]3c3cccc(c3)OCC2)cnc2ccnn12. The molecular weight excluding hydrogens is 551 g/mol. The van der Waals surface area contributed by atoms with Crippen molar-refractivity contribution in [2.75, 3.05) is 39.3 Å². The second-order valence-electron chi connectivity index (χ2n) is 11.0. The highest BCUT2D eigenvalue weighted by molar-refractivity contribution is 5.95. The Bertz CT molecular complexity index is 1670. The van der Waals surface area contributed by atoms with Crippen LogP contribution in [0.3, 0.4) is 0 Å². The molecule has 4 heterocycles. The van der Waals surface area contributed by atoms with Crippen molar-refractivity contribution in [2.45, 2.75) is 25.7 Å². The van der Waals surface area contributed by atoms with Gasteiger partial charge >= 0.3 is 0 Å². The second-order valence-corrected chi connectivity index (χ2v) is 11.0. The number of nitrogens with one attached hydrogen (secondary N) is 1. The van der Waals surface area contributed by atoms with Crippen LogP contribution in [0.4, 0.5) is 4.39 Å². The number of fused-ring (bicyclic) bond motifs is 5. The van der Waals surface area contributed by atoms with Crippen LogP contribution in [-0.2, 0) is 16.0 Å². The smallest absolute Gasteiger partial charge is 0.257 e. The van der Waals surface area contributed by atoms with Gasteiger partial charge in [-0.25, -0.2) is 13.9 Å². The van der Waals surface area contributed by atoms with Gasteiger partial charge in [-0.05, 0) is 48.7 Å². The summed E-state index contributed by atoms with van der Waals surface area (Å²) in [5.41, 5.74) is 3.32. The van der Waals surface area contributed by atoms with Crippen molar-refractivity contribution in [3.63, 3.8) is 0 Å². The molecule has 2 aromatic carbocycles. The largest absolute Gasteiger partial charge is 0.492 e. The molecule has 2 atom stereocenters. The number of ether oxygens (including phenoxy) is 1. The summed E-state index contributed by atoms with van der Waals surface area (Å²) in [4.78, 5) is 48.1. The molecule has 10 nitrogen and oxygen atoms in total. The van der Waals surface area contributed by atoms with Gasteiger partial charge in [0, 0.05) is 44.4 Å². The Hall–Kier alpha value is -4.80. The second kappa shape index (κ2) is 12.2. The molecule has 3 amide bonds. The Kier molecular flexibility index (Phi) is 8.04. The molecule has 11 heteroatoms. The van der Waals surface area contributed by atoms with E-state index in [1.807, 2.05) is 31.2 Å². The lowest BCUT2D eigenvalue weighted by Gasteiger charge is -2.25. The highest BCUT2D eigenvalue weighted by Crippen LogP contribution is 2.35. The molecule has 0 radical (unpaired) electrons. The zero-order valence-corrected chi connectivity index (χ0v) is 23.9. The Morgan fingerprint density at radius 1 is 1.05 bits per heavy atom. The third-order valence-electron chi connectivity index (χ3n) is 8.25. The Labute approximate surface area is 248 Å². The Morgan fingerprint density at radius 2 is 1.88 bits per heavy atom. The van der Waals surface area contributed by atoms with Crippen molar-refractivity contribution < 1.29 is 23.5 Å². The van der Waals surface area contributed by atoms with Gasteiger partial charge in [0.15, 0.2) is 5.65 Å². The molecule has 0 unspecified atom stereocenters. The molecule has 2 aromatic heterocycles. The van der Waals surface area contributed by atoms with Crippen LogP contribution < -0.4 is 10.1 Å². The van der Waals surface area contributed by atoms with Crippen LogP contribution in [0, 0.1) is 18.7 Å². The van der Waals surface area contributed by atoms with Crippen molar-refractivity contribution in [1.29, 1.82) is 0 Å². The number of amides is 3. The maximum absolute atomic E-state index is 13.7. The van der Waals surface area contributed by atoms with E-state index in [9.17, 15) is 18.8 Å². The number of nitrogens with zero attached hydrogens (tertiary/aromatic N) is 5.